The van der Waals surface area contributed by atoms with Crippen LogP contribution in [0.25, 0.3) is 0 Å². The molecule has 3 rings (SSSR count). The smallest absolute Gasteiger partial charge is 0.237 e. The normalized spacial score (nSPS) is 17.0. The third-order valence-corrected chi connectivity index (χ3v) is 5.08. The monoisotopic (exact) mass is 349 g/mol. The van der Waals surface area contributed by atoms with Crippen LogP contribution in [0, 0.1) is 6.92 Å². The summed E-state index contributed by atoms with van der Waals surface area (Å²) in [4.78, 5) is 14.4. The highest BCUT2D eigenvalue weighted by Gasteiger charge is 2.24. The molecular weight excluding hydrogens is 326 g/mol. The maximum Gasteiger partial charge on any atom is 0.237 e. The molecule has 0 unspecified atom stereocenters. The van der Waals surface area contributed by atoms with Crippen LogP contribution in [0.15, 0.2) is 22.8 Å². The molecule has 1 amide bonds. The summed E-state index contributed by atoms with van der Waals surface area (Å²) in [7, 11) is 0. The Bertz CT molecular complexity index is 649. The molecule has 7 nitrogen and oxygen atoms in total. The van der Waals surface area contributed by atoms with Crippen LogP contribution in [0.5, 0.6) is 0 Å². The van der Waals surface area contributed by atoms with E-state index >= 15 is 0 Å². The number of aryl methyl sites for hydroxylation is 1. The number of piperidine rings is 1. The number of carbonyl (C=O) groups is 1. The number of nitrogens with one attached hydrogen (secondary N) is 2. The summed E-state index contributed by atoms with van der Waals surface area (Å²) in [6.45, 7) is 6.17. The van der Waals surface area contributed by atoms with Crippen molar-refractivity contribution in [3.63, 3.8) is 0 Å². The molecule has 0 saturated carbocycles. The molecule has 2 N–H and O–H groups in total. The number of nitrogens with zero attached hydrogens (tertiary/aromatic N) is 3. The van der Waals surface area contributed by atoms with E-state index in [2.05, 4.69) is 25.7 Å². The Balaban J connectivity index is 1.41. The lowest BCUT2D eigenvalue weighted by atomic mass is 10.0. The van der Waals surface area contributed by atoms with Gasteiger partial charge >= 0.3 is 0 Å². The molecule has 1 fully saturated rings. The lowest BCUT2D eigenvalue weighted by Gasteiger charge is -2.33. The van der Waals surface area contributed by atoms with Gasteiger partial charge in [-0.1, -0.05) is 11.3 Å². The van der Waals surface area contributed by atoms with Crippen LogP contribution in [0.4, 0.5) is 5.13 Å². The van der Waals surface area contributed by atoms with E-state index in [1.54, 1.807) is 17.6 Å². The average molecular weight is 349 g/mol. The van der Waals surface area contributed by atoms with Crippen LogP contribution >= 0.6 is 11.3 Å². The Kier molecular flexibility index (Phi) is 5.47. The summed E-state index contributed by atoms with van der Waals surface area (Å²) in [5, 5.41) is 16.6. The largest absolute Gasteiger partial charge is 0.467 e. The summed E-state index contributed by atoms with van der Waals surface area (Å²) < 4.78 is 5.22. The van der Waals surface area contributed by atoms with Gasteiger partial charge in [0.15, 0.2) is 0 Å². The van der Waals surface area contributed by atoms with Crippen molar-refractivity contribution in [1.82, 2.24) is 20.8 Å². The highest BCUT2D eigenvalue weighted by atomic mass is 32.1. The number of hydrogen-bond acceptors (Lipinski definition) is 7. The first-order chi connectivity index (χ1) is 11.6. The van der Waals surface area contributed by atoms with E-state index in [0.29, 0.717) is 12.6 Å². The van der Waals surface area contributed by atoms with E-state index in [9.17, 15) is 4.79 Å². The Hall–Kier alpha value is -1.93. The van der Waals surface area contributed by atoms with Crippen molar-refractivity contribution >= 4 is 22.4 Å². The van der Waals surface area contributed by atoms with E-state index in [4.69, 9.17) is 4.42 Å². The van der Waals surface area contributed by atoms with Crippen molar-refractivity contribution in [1.29, 1.82) is 0 Å². The van der Waals surface area contributed by atoms with E-state index in [1.807, 2.05) is 26.0 Å². The zero-order valence-corrected chi connectivity index (χ0v) is 14.8. The maximum absolute atomic E-state index is 12.2. The highest BCUT2D eigenvalue weighted by Crippen LogP contribution is 2.23. The van der Waals surface area contributed by atoms with Crippen LogP contribution in [-0.2, 0) is 11.3 Å². The molecule has 2 aromatic rings. The van der Waals surface area contributed by atoms with Crippen LogP contribution in [0.1, 0.15) is 30.5 Å². The minimum Gasteiger partial charge on any atom is -0.467 e. The van der Waals surface area contributed by atoms with Gasteiger partial charge in [-0.05, 0) is 38.8 Å². The fourth-order valence-corrected chi connectivity index (χ4v) is 3.56. The van der Waals surface area contributed by atoms with Crippen LogP contribution < -0.4 is 15.5 Å². The molecule has 8 heteroatoms. The summed E-state index contributed by atoms with van der Waals surface area (Å²) in [5.41, 5.74) is 0. The van der Waals surface area contributed by atoms with Crippen molar-refractivity contribution in [2.45, 2.75) is 45.3 Å². The highest BCUT2D eigenvalue weighted by molar-refractivity contribution is 7.15. The second-order valence-electron chi connectivity index (χ2n) is 6.05. The summed E-state index contributed by atoms with van der Waals surface area (Å²) in [5.74, 6) is 0.754. The van der Waals surface area contributed by atoms with Gasteiger partial charge in [0.25, 0.3) is 0 Å². The molecule has 130 valence electrons. The molecule has 1 aliphatic rings. The maximum atomic E-state index is 12.2. The first-order valence-corrected chi connectivity index (χ1v) is 9.04. The molecule has 0 spiro atoms. The second kappa shape index (κ2) is 7.76. The van der Waals surface area contributed by atoms with Crippen molar-refractivity contribution in [2.75, 3.05) is 18.0 Å². The first kappa shape index (κ1) is 16.9. The predicted molar refractivity (Wildman–Crippen MR) is 93.0 cm³/mol. The minimum atomic E-state index is -0.222. The van der Waals surface area contributed by atoms with Crippen molar-refractivity contribution in [2.24, 2.45) is 0 Å². The Labute approximate surface area is 145 Å². The van der Waals surface area contributed by atoms with Gasteiger partial charge in [0.2, 0.25) is 11.0 Å². The SMILES string of the molecule is Cc1nnc(N2CCC(N[C@H](C)C(=O)NCc3ccco3)CC2)s1. The molecule has 3 heterocycles. The van der Waals surface area contributed by atoms with Gasteiger partial charge in [0.05, 0.1) is 18.8 Å². The predicted octanol–water partition coefficient (Wildman–Crippen LogP) is 1.70. The van der Waals surface area contributed by atoms with Gasteiger partial charge in [-0.2, -0.15) is 0 Å². The van der Waals surface area contributed by atoms with Gasteiger partial charge in [0, 0.05) is 19.1 Å². The molecule has 1 saturated heterocycles. The number of carbonyl (C=O) groups excluding carboxylic acids is 1. The zero-order chi connectivity index (χ0) is 16.9. The Morgan fingerprint density at radius 3 is 2.88 bits per heavy atom. The summed E-state index contributed by atoms with van der Waals surface area (Å²) in [6.07, 6.45) is 3.60. The molecule has 0 bridgehead atoms. The Morgan fingerprint density at radius 1 is 1.46 bits per heavy atom. The van der Waals surface area contributed by atoms with Crippen molar-refractivity contribution < 1.29 is 9.21 Å². The number of anilines is 1. The molecule has 0 aromatic carbocycles. The van der Waals surface area contributed by atoms with Gasteiger partial charge in [-0.3, -0.25) is 4.79 Å². The van der Waals surface area contributed by atoms with Gasteiger partial charge in [0.1, 0.15) is 10.8 Å². The second-order valence-corrected chi connectivity index (χ2v) is 7.21. The van der Waals surface area contributed by atoms with Crippen LogP contribution in [0.3, 0.4) is 0 Å². The van der Waals surface area contributed by atoms with Crippen molar-refractivity contribution in [3.8, 4) is 0 Å². The first-order valence-electron chi connectivity index (χ1n) is 8.23. The van der Waals surface area contributed by atoms with Crippen molar-refractivity contribution in [3.05, 3.63) is 29.2 Å². The third kappa shape index (κ3) is 4.33. The number of aromatic nitrogens is 2. The molecule has 1 atom stereocenters. The van der Waals surface area contributed by atoms with Gasteiger partial charge < -0.3 is 20.0 Å². The standard InChI is InChI=1S/C16H23N5O2S/c1-11(15(22)17-10-14-4-3-9-23-14)18-13-5-7-21(8-6-13)16-20-19-12(2)24-16/h3-4,9,11,13,18H,5-8,10H2,1-2H3,(H,17,22)/t11-/m1/s1. The zero-order valence-electron chi connectivity index (χ0n) is 14.0. The molecule has 24 heavy (non-hydrogen) atoms. The number of rotatable bonds is 6. The lowest BCUT2D eigenvalue weighted by molar-refractivity contribution is -0.123. The fraction of sp³-hybridized carbons (Fsp3) is 0.562. The number of furan rings is 1. The van der Waals surface area contributed by atoms with Crippen LogP contribution in [-0.4, -0.2) is 41.3 Å². The van der Waals surface area contributed by atoms with Gasteiger partial charge in [-0.15, -0.1) is 10.2 Å². The molecule has 1 aliphatic heterocycles. The molecular formula is C16H23N5O2S. The van der Waals surface area contributed by atoms with Crippen LogP contribution in [0.2, 0.25) is 0 Å². The number of amides is 1. The van der Waals surface area contributed by atoms with E-state index in [0.717, 1.165) is 41.8 Å². The Morgan fingerprint density at radius 2 is 2.25 bits per heavy atom. The minimum absolute atomic E-state index is 0.00595. The average Bonchev–Trinajstić information content (AvgIpc) is 3.25. The molecule has 0 radical (unpaired) electrons. The van der Waals surface area contributed by atoms with E-state index in [-0.39, 0.29) is 11.9 Å². The summed E-state index contributed by atoms with van der Waals surface area (Å²) in [6, 6.07) is 3.79. The lowest BCUT2D eigenvalue weighted by Crippen LogP contribution is -2.50. The summed E-state index contributed by atoms with van der Waals surface area (Å²) >= 11 is 1.63. The molecule has 0 aliphatic carbocycles. The third-order valence-electron chi connectivity index (χ3n) is 4.18. The van der Waals surface area contributed by atoms with Gasteiger partial charge in [-0.25, -0.2) is 0 Å². The molecule has 2 aromatic heterocycles. The van der Waals surface area contributed by atoms with E-state index < -0.39 is 0 Å². The fourth-order valence-electron chi connectivity index (χ4n) is 2.82. The number of hydrogen-bond donors (Lipinski definition) is 2. The quantitative estimate of drug-likeness (QED) is 0.826. The topological polar surface area (TPSA) is 83.3 Å². The van der Waals surface area contributed by atoms with E-state index in [1.165, 1.54) is 0 Å².